The van der Waals surface area contributed by atoms with Crippen LogP contribution in [0, 0.1) is 12.7 Å². The van der Waals surface area contributed by atoms with Gasteiger partial charge in [-0.25, -0.2) is 19.2 Å². The van der Waals surface area contributed by atoms with E-state index in [9.17, 15) is 14.0 Å². The number of nitrogens with one attached hydrogen (secondary N) is 2. The molecular formula is C21H19FN6O4. The van der Waals surface area contributed by atoms with E-state index in [0.29, 0.717) is 28.6 Å². The number of anilines is 2. The monoisotopic (exact) mass is 438 g/mol. The maximum absolute atomic E-state index is 14.5. The first-order chi connectivity index (χ1) is 15.3. The first kappa shape index (κ1) is 21.0. The summed E-state index contributed by atoms with van der Waals surface area (Å²) in [7, 11) is 0. The van der Waals surface area contributed by atoms with Crippen molar-refractivity contribution in [3.05, 3.63) is 60.1 Å². The van der Waals surface area contributed by atoms with Gasteiger partial charge in [0.15, 0.2) is 5.69 Å². The Labute approximate surface area is 181 Å². The molecule has 11 heteroatoms. The van der Waals surface area contributed by atoms with Crippen molar-refractivity contribution >= 4 is 29.2 Å². The number of ether oxygens (including phenoxy) is 1. The van der Waals surface area contributed by atoms with Crippen molar-refractivity contribution in [2.24, 2.45) is 0 Å². The summed E-state index contributed by atoms with van der Waals surface area (Å²) >= 11 is 0. The van der Waals surface area contributed by atoms with Gasteiger partial charge in [-0.2, -0.15) is 0 Å². The van der Waals surface area contributed by atoms with Crippen LogP contribution in [0.3, 0.4) is 0 Å². The Kier molecular flexibility index (Phi) is 5.54. The smallest absolute Gasteiger partial charge is 0.411 e. The maximum Gasteiger partial charge on any atom is 0.411 e. The third-order valence-electron chi connectivity index (χ3n) is 4.26. The lowest BCUT2D eigenvalue weighted by Crippen LogP contribution is -2.18. The molecule has 2 amide bonds. The highest BCUT2D eigenvalue weighted by molar-refractivity contribution is 6.03. The number of nitrogens with zero attached hydrogens (tertiary/aromatic N) is 4. The van der Waals surface area contributed by atoms with E-state index in [1.54, 1.807) is 37.6 Å². The lowest BCUT2D eigenvalue weighted by Gasteiger charge is -2.09. The van der Waals surface area contributed by atoms with Gasteiger partial charge in [0.2, 0.25) is 5.78 Å². The van der Waals surface area contributed by atoms with Crippen LogP contribution in [-0.2, 0) is 4.74 Å². The molecule has 0 aliphatic carbocycles. The number of rotatable bonds is 5. The first-order valence-corrected chi connectivity index (χ1v) is 9.65. The molecule has 3 aromatic heterocycles. The lowest BCUT2D eigenvalue weighted by atomic mass is 10.1. The van der Waals surface area contributed by atoms with Gasteiger partial charge in [-0.3, -0.25) is 14.5 Å². The molecule has 0 radical (unpaired) electrons. The number of hydrogen-bond acceptors (Lipinski definition) is 7. The summed E-state index contributed by atoms with van der Waals surface area (Å²) < 4.78 is 26.0. The van der Waals surface area contributed by atoms with Gasteiger partial charge in [0.1, 0.15) is 11.6 Å². The number of amides is 2. The molecule has 0 aliphatic heterocycles. The summed E-state index contributed by atoms with van der Waals surface area (Å²) in [4.78, 5) is 32.6. The van der Waals surface area contributed by atoms with Crippen molar-refractivity contribution in [2.75, 3.05) is 10.6 Å². The minimum absolute atomic E-state index is 0.112. The zero-order chi connectivity index (χ0) is 22.8. The Morgan fingerprint density at radius 3 is 2.69 bits per heavy atom. The molecule has 0 aliphatic rings. The number of imidazole rings is 1. The maximum atomic E-state index is 14.5. The molecule has 0 saturated heterocycles. The fraction of sp³-hybridized carbons (Fsp3) is 0.190. The molecule has 4 rings (SSSR count). The number of aromatic nitrogens is 4. The molecular weight excluding hydrogens is 419 g/mol. The highest BCUT2D eigenvalue weighted by Crippen LogP contribution is 2.26. The molecule has 3 heterocycles. The van der Waals surface area contributed by atoms with Gasteiger partial charge >= 0.3 is 6.09 Å². The molecule has 0 unspecified atom stereocenters. The number of hydrogen-bond donors (Lipinski definition) is 2. The summed E-state index contributed by atoms with van der Waals surface area (Å²) in [6.45, 7) is 5.15. The molecule has 0 saturated carbocycles. The number of benzene rings is 1. The van der Waals surface area contributed by atoms with E-state index in [0.717, 1.165) is 0 Å². The van der Waals surface area contributed by atoms with E-state index in [2.05, 4.69) is 25.8 Å². The SMILES string of the molecule is Cc1cc(C(=O)Nc2ccc(F)c(-c3cn4cc(NC(=O)OC(C)C)cnc4n3)c2)no1. The van der Waals surface area contributed by atoms with E-state index in [1.807, 2.05) is 0 Å². The molecule has 0 atom stereocenters. The second-order valence-corrected chi connectivity index (χ2v) is 7.23. The second-order valence-electron chi connectivity index (χ2n) is 7.23. The van der Waals surface area contributed by atoms with E-state index in [4.69, 9.17) is 9.26 Å². The molecule has 2 N–H and O–H groups in total. The van der Waals surface area contributed by atoms with Gasteiger partial charge < -0.3 is 14.6 Å². The molecule has 10 nitrogen and oxygen atoms in total. The quantitative estimate of drug-likeness (QED) is 0.482. The average Bonchev–Trinajstić information content (AvgIpc) is 3.34. The third-order valence-corrected chi connectivity index (χ3v) is 4.26. The van der Waals surface area contributed by atoms with Gasteiger partial charge in [-0.1, -0.05) is 5.16 Å². The van der Waals surface area contributed by atoms with Crippen molar-refractivity contribution in [1.82, 2.24) is 19.5 Å². The lowest BCUT2D eigenvalue weighted by molar-refractivity contribution is 0.101. The first-order valence-electron chi connectivity index (χ1n) is 9.65. The molecule has 1 aromatic carbocycles. The van der Waals surface area contributed by atoms with Crippen LogP contribution < -0.4 is 10.6 Å². The molecule has 4 aromatic rings. The molecule has 0 bridgehead atoms. The highest BCUT2D eigenvalue weighted by Gasteiger charge is 2.15. The Bertz CT molecular complexity index is 1310. The third kappa shape index (κ3) is 4.56. The number of aryl methyl sites for hydroxylation is 1. The molecule has 0 fully saturated rings. The van der Waals surface area contributed by atoms with E-state index < -0.39 is 17.8 Å². The summed E-state index contributed by atoms with van der Waals surface area (Å²) in [5, 5.41) is 8.87. The van der Waals surface area contributed by atoms with Crippen LogP contribution in [0.2, 0.25) is 0 Å². The Balaban J connectivity index is 1.58. The van der Waals surface area contributed by atoms with Crippen molar-refractivity contribution in [1.29, 1.82) is 0 Å². The molecule has 32 heavy (non-hydrogen) atoms. The van der Waals surface area contributed by atoms with Gasteiger partial charge in [0.25, 0.3) is 5.91 Å². The van der Waals surface area contributed by atoms with Gasteiger partial charge in [-0.05, 0) is 39.0 Å². The number of fused-ring (bicyclic) bond motifs is 1. The van der Waals surface area contributed by atoms with E-state index in [-0.39, 0.29) is 17.4 Å². The van der Waals surface area contributed by atoms with Crippen molar-refractivity contribution in [3.8, 4) is 11.3 Å². The summed E-state index contributed by atoms with van der Waals surface area (Å²) in [6, 6.07) is 5.61. The number of carbonyl (C=O) groups is 2. The average molecular weight is 438 g/mol. The Hall–Kier alpha value is -4.28. The number of halogens is 1. The molecule has 164 valence electrons. The van der Waals surface area contributed by atoms with Crippen LogP contribution >= 0.6 is 0 Å². The Morgan fingerprint density at radius 1 is 1.16 bits per heavy atom. The summed E-state index contributed by atoms with van der Waals surface area (Å²) in [6.07, 6.45) is 3.68. The van der Waals surface area contributed by atoms with Crippen molar-refractivity contribution in [2.45, 2.75) is 26.9 Å². The standard InChI is InChI=1S/C21H19FN6O4/c1-11(2)31-21(30)25-14-8-23-20-26-18(10-28(20)9-14)15-7-13(4-5-16(15)22)24-19(29)17-6-12(3)32-27-17/h4-11H,1-3H3,(H,24,29)(H,25,30). The predicted molar refractivity (Wildman–Crippen MR) is 113 cm³/mol. The minimum Gasteiger partial charge on any atom is -0.447 e. The fourth-order valence-electron chi connectivity index (χ4n) is 2.91. The van der Waals surface area contributed by atoms with Gasteiger partial charge in [-0.15, -0.1) is 0 Å². The van der Waals surface area contributed by atoms with Crippen LogP contribution in [0.25, 0.3) is 17.0 Å². The van der Waals surface area contributed by atoms with E-state index in [1.165, 1.54) is 30.5 Å². The molecule has 0 spiro atoms. The minimum atomic E-state index is -0.613. The fourth-order valence-corrected chi connectivity index (χ4v) is 2.91. The van der Waals surface area contributed by atoms with Crippen LogP contribution in [0.1, 0.15) is 30.1 Å². The van der Waals surface area contributed by atoms with Crippen LogP contribution in [0.4, 0.5) is 20.6 Å². The highest BCUT2D eigenvalue weighted by atomic mass is 19.1. The normalized spacial score (nSPS) is 11.0. The zero-order valence-electron chi connectivity index (χ0n) is 17.4. The summed E-state index contributed by atoms with van der Waals surface area (Å²) in [5.74, 6) is -0.212. The summed E-state index contributed by atoms with van der Waals surface area (Å²) in [5.41, 5.74) is 1.32. The second kappa shape index (κ2) is 8.46. The van der Waals surface area contributed by atoms with E-state index >= 15 is 0 Å². The topological polar surface area (TPSA) is 124 Å². The zero-order valence-corrected chi connectivity index (χ0v) is 17.4. The van der Waals surface area contributed by atoms with Crippen LogP contribution in [0.15, 0.2) is 47.4 Å². The van der Waals surface area contributed by atoms with Gasteiger partial charge in [0, 0.05) is 29.7 Å². The predicted octanol–water partition coefficient (Wildman–Crippen LogP) is 4.04. The number of carbonyl (C=O) groups excluding carboxylic acids is 2. The van der Waals surface area contributed by atoms with Crippen molar-refractivity contribution < 1.29 is 23.2 Å². The van der Waals surface area contributed by atoms with Crippen LogP contribution in [0.5, 0.6) is 0 Å². The Morgan fingerprint density at radius 2 is 1.97 bits per heavy atom. The van der Waals surface area contributed by atoms with Crippen molar-refractivity contribution in [3.63, 3.8) is 0 Å². The largest absolute Gasteiger partial charge is 0.447 e. The van der Waals surface area contributed by atoms with Crippen LogP contribution in [-0.4, -0.2) is 37.6 Å². The van der Waals surface area contributed by atoms with Gasteiger partial charge in [0.05, 0.1) is 23.7 Å².